The summed E-state index contributed by atoms with van der Waals surface area (Å²) in [5.74, 6) is 0.209. The lowest BCUT2D eigenvalue weighted by atomic mass is 9.85. The number of hydrogen-bond donors (Lipinski definition) is 7. The van der Waals surface area contributed by atoms with Crippen LogP contribution in [0.1, 0.15) is 133 Å². The normalized spacial score (nSPS) is 21.3. The second kappa shape index (κ2) is 40.5. The van der Waals surface area contributed by atoms with E-state index < -0.39 is 30.1 Å². The van der Waals surface area contributed by atoms with Crippen molar-refractivity contribution in [2.75, 3.05) is 109 Å². The number of likely N-dealkylation sites (N-methyl/N-ethyl adjacent to an activating group) is 3. The van der Waals surface area contributed by atoms with Crippen LogP contribution in [0.15, 0.2) is 178 Å². The summed E-state index contributed by atoms with van der Waals surface area (Å²) in [7, 11) is -4.74. The average molecular weight is 1700 g/mol. The Hall–Kier alpha value is -8.79. The Labute approximate surface area is 696 Å². The van der Waals surface area contributed by atoms with E-state index in [0.717, 1.165) is 116 Å². The number of aromatic nitrogens is 3. The highest BCUT2D eigenvalue weighted by molar-refractivity contribution is 7.90. The van der Waals surface area contributed by atoms with Gasteiger partial charge in [-0.25, -0.2) is 67.5 Å². The number of pyridine rings is 3. The van der Waals surface area contributed by atoms with Crippen LogP contribution in [0.3, 0.4) is 0 Å². The Kier molecular flexibility index (Phi) is 30.4. The number of carbonyl (C=O) groups is 3. The van der Waals surface area contributed by atoms with E-state index in [2.05, 4.69) is 86.1 Å². The van der Waals surface area contributed by atoms with Crippen molar-refractivity contribution in [2.45, 2.75) is 149 Å². The molecule has 3 atom stereocenters. The summed E-state index contributed by atoms with van der Waals surface area (Å²) in [6.07, 6.45) is 7.11. The summed E-state index contributed by atoms with van der Waals surface area (Å²) >= 11 is 5.89. The fourth-order valence-corrected chi connectivity index (χ4v) is 19.9. The van der Waals surface area contributed by atoms with Gasteiger partial charge in [-0.3, -0.25) is 14.4 Å². The van der Waals surface area contributed by atoms with Crippen molar-refractivity contribution in [2.24, 2.45) is 17.8 Å². The van der Waals surface area contributed by atoms with E-state index in [1.165, 1.54) is 55.6 Å². The molecule has 3 aromatic heterocycles. The molecular formula is C87H109ClF3N15O9S3. The van der Waals surface area contributed by atoms with Gasteiger partial charge in [0.1, 0.15) is 34.2 Å². The molecule has 3 amide bonds. The number of benzene rings is 6. The molecule has 3 saturated heterocycles. The van der Waals surface area contributed by atoms with Gasteiger partial charge in [-0.1, -0.05) is 48.0 Å². The third kappa shape index (κ3) is 24.5. The van der Waals surface area contributed by atoms with Crippen molar-refractivity contribution < 1.29 is 52.8 Å². The maximum absolute atomic E-state index is 13.2. The SMILES string of the molecule is CN1CCNCC1.C[C@@H](NC(=O)C1CCC(NS(=O)(=O)c2ccc3nc(Cl)ccc3c2)CC1)c1ccc(F)cc1.C[C@@H](NC(=O)C1CCC(NS(=O)(=O)c2ccc3nc(N4CCN(C)CC4)ccc3c2)CC1)c1ccc(F)cc1.C[C@@H](NC(=O)C1CCC(NS(=O)(=O)c2ccc3nc(N4CCN(C)CC4)ccc3c2)CC1)c1ccc(F)cc1. The number of piperazine rings is 3. The molecule has 3 saturated carbocycles. The third-order valence-electron chi connectivity index (χ3n) is 23.3. The van der Waals surface area contributed by atoms with E-state index in [4.69, 9.17) is 21.6 Å². The number of fused-ring (bicyclic) bond motifs is 3. The Morgan fingerprint density at radius 2 is 0.653 bits per heavy atom. The fraction of sp³-hybridized carbons (Fsp3) is 0.448. The molecule has 3 aliphatic heterocycles. The number of nitrogens with one attached hydrogen (secondary N) is 7. The van der Waals surface area contributed by atoms with Gasteiger partial charge in [0.25, 0.3) is 0 Å². The number of nitrogens with zero attached hydrogens (tertiary/aromatic N) is 8. The van der Waals surface area contributed by atoms with Crippen molar-refractivity contribution in [3.8, 4) is 0 Å². The van der Waals surface area contributed by atoms with Gasteiger partial charge in [0.15, 0.2) is 0 Å². The summed E-state index contributed by atoms with van der Waals surface area (Å²) in [4.78, 5) is 64.0. The van der Waals surface area contributed by atoms with Gasteiger partial charge in [-0.05, 0) is 263 Å². The van der Waals surface area contributed by atoms with Crippen molar-refractivity contribution in [3.63, 3.8) is 0 Å². The minimum absolute atomic E-state index is 0.0499. The first-order valence-electron chi connectivity index (χ1n) is 40.8. The number of carbonyl (C=O) groups excluding carboxylic acids is 3. The summed E-state index contributed by atoms with van der Waals surface area (Å²) in [5.41, 5.74) is 4.68. The van der Waals surface area contributed by atoms with Gasteiger partial charge in [0.2, 0.25) is 47.8 Å². The van der Waals surface area contributed by atoms with Gasteiger partial charge >= 0.3 is 0 Å². The Bertz CT molecular complexity index is 5040. The standard InChI is InChI=1S/2C29H36FN5O3S.C24H25ClFN3O3S.C5H12N2/c2*1-20(21-3-8-24(30)9-4-21)31-29(36)22-5-10-25(11-6-22)33-39(37,38)26-12-13-27-23(19-26)7-14-28(32-27)35-17-15-34(2)16-18-35;1-15(16-2-7-19(26)8-3-16)27-24(30)17-4-9-20(10-5-17)29-33(31,32)21-11-12-22-18(14-21)6-13-23(25)28-22;1-7-4-2-6-3-5-7/h2*3-4,7-9,12-14,19-20,22,25,33H,5-6,10-11,15-18H2,1-2H3,(H,31,36);2-3,6-8,11-15,17,20,29H,4-5,9-10H2,1H3,(H,27,30);6H,2-5H2,1H3/t2*20-,22?,25?;15-,17?,20?;/m111./s1. The lowest BCUT2D eigenvalue weighted by molar-refractivity contribution is -0.127. The highest BCUT2D eigenvalue weighted by Gasteiger charge is 2.34. The number of anilines is 2. The van der Waals surface area contributed by atoms with E-state index >= 15 is 0 Å². The zero-order valence-electron chi connectivity index (χ0n) is 67.7. The predicted molar refractivity (Wildman–Crippen MR) is 457 cm³/mol. The van der Waals surface area contributed by atoms with Crippen LogP contribution in [-0.4, -0.2) is 190 Å². The van der Waals surface area contributed by atoms with Gasteiger partial charge in [-0.15, -0.1) is 0 Å². The van der Waals surface area contributed by atoms with E-state index in [1.54, 1.807) is 97.1 Å². The Morgan fingerprint density at radius 1 is 0.373 bits per heavy atom. The molecule has 6 heterocycles. The minimum Gasteiger partial charge on any atom is -0.354 e. The summed E-state index contributed by atoms with van der Waals surface area (Å²) in [6.45, 7) is 18.0. The van der Waals surface area contributed by atoms with Crippen LogP contribution in [0.2, 0.25) is 5.15 Å². The van der Waals surface area contributed by atoms with Gasteiger partial charge in [0, 0.05) is 131 Å². The topological polar surface area (TPSA) is 293 Å². The van der Waals surface area contributed by atoms with E-state index in [9.17, 15) is 52.8 Å². The molecule has 15 rings (SSSR count). The average Bonchev–Trinajstić information content (AvgIpc) is 0.795. The number of sulfonamides is 3. The molecule has 0 spiro atoms. The molecule has 24 nitrogen and oxygen atoms in total. The van der Waals surface area contributed by atoms with E-state index in [1.807, 2.05) is 45.0 Å². The van der Waals surface area contributed by atoms with E-state index in [-0.39, 0.29) is 104 Å². The summed E-state index contributed by atoms with van der Waals surface area (Å²) < 4.78 is 126. The van der Waals surface area contributed by atoms with Gasteiger partial charge in [0.05, 0.1) is 49.4 Å². The molecule has 0 unspecified atom stereocenters. The summed E-state index contributed by atoms with van der Waals surface area (Å²) in [5, 5.41) is 14.9. The van der Waals surface area contributed by atoms with Crippen LogP contribution in [-0.2, 0) is 44.5 Å². The van der Waals surface area contributed by atoms with Crippen LogP contribution in [0.4, 0.5) is 24.8 Å². The molecule has 3 aliphatic carbocycles. The first-order valence-corrected chi connectivity index (χ1v) is 45.7. The second-order valence-electron chi connectivity index (χ2n) is 32.0. The van der Waals surface area contributed by atoms with Crippen LogP contribution < -0.4 is 45.2 Å². The predicted octanol–water partition coefficient (Wildman–Crippen LogP) is 11.9. The minimum atomic E-state index is -3.71. The molecule has 7 N–H and O–H groups in total. The highest BCUT2D eigenvalue weighted by atomic mass is 35.5. The first-order chi connectivity index (χ1) is 56.5. The molecular weight excluding hydrogens is 1590 g/mol. The van der Waals surface area contributed by atoms with Crippen molar-refractivity contribution in [1.82, 2.24) is 65.1 Å². The molecule has 31 heteroatoms. The quantitative estimate of drug-likeness (QED) is 0.0349. The number of amides is 3. The fourth-order valence-electron chi connectivity index (χ4n) is 15.7. The first kappa shape index (κ1) is 88.5. The monoisotopic (exact) mass is 1700 g/mol. The molecule has 632 valence electrons. The van der Waals surface area contributed by atoms with Crippen LogP contribution >= 0.6 is 11.6 Å². The van der Waals surface area contributed by atoms with E-state index in [0.29, 0.717) is 93.1 Å². The third-order valence-corrected chi connectivity index (χ3v) is 28.1. The molecule has 9 aromatic rings. The second-order valence-corrected chi connectivity index (χ2v) is 37.6. The van der Waals surface area contributed by atoms with Gasteiger partial charge in [-0.2, -0.15) is 0 Å². The maximum Gasteiger partial charge on any atom is 0.240 e. The molecule has 118 heavy (non-hydrogen) atoms. The highest BCUT2D eigenvalue weighted by Crippen LogP contribution is 2.33. The lowest BCUT2D eigenvalue weighted by Crippen LogP contribution is -2.44. The summed E-state index contributed by atoms with van der Waals surface area (Å²) in [6, 6.07) is 42.9. The van der Waals surface area contributed by atoms with Crippen molar-refractivity contribution >= 4 is 104 Å². The lowest BCUT2D eigenvalue weighted by Gasteiger charge is -2.33. The molecule has 6 fully saturated rings. The zero-order chi connectivity index (χ0) is 83.8. The van der Waals surface area contributed by atoms with Crippen LogP contribution in [0, 0.1) is 35.2 Å². The molecule has 0 radical (unpaired) electrons. The van der Waals surface area contributed by atoms with Crippen LogP contribution in [0.5, 0.6) is 0 Å². The molecule has 0 bridgehead atoms. The largest absolute Gasteiger partial charge is 0.354 e. The maximum atomic E-state index is 13.2. The number of halogens is 4. The smallest absolute Gasteiger partial charge is 0.240 e. The molecule has 6 aliphatic rings. The Balaban J connectivity index is 0.000000156. The molecule has 6 aromatic carbocycles. The Morgan fingerprint density at radius 3 is 0.941 bits per heavy atom. The van der Waals surface area contributed by atoms with Crippen LogP contribution in [0.25, 0.3) is 32.7 Å². The number of rotatable bonds is 20. The van der Waals surface area contributed by atoms with Crippen molar-refractivity contribution in [3.05, 3.63) is 203 Å². The zero-order valence-corrected chi connectivity index (χ0v) is 70.9. The van der Waals surface area contributed by atoms with Crippen molar-refractivity contribution in [1.29, 1.82) is 0 Å². The number of hydrogen-bond acceptors (Lipinski definition) is 18. The van der Waals surface area contributed by atoms with Gasteiger partial charge < -0.3 is 45.8 Å².